The Kier molecular flexibility index (Phi) is 6.12. The first-order valence-corrected chi connectivity index (χ1v) is 10.5. The lowest BCUT2D eigenvalue weighted by Gasteiger charge is -2.31. The van der Waals surface area contributed by atoms with Crippen LogP contribution in [0.15, 0.2) is 60.8 Å². The molecule has 6 heteroatoms. The van der Waals surface area contributed by atoms with Crippen molar-refractivity contribution in [3.05, 3.63) is 77.9 Å². The standard InChI is InChI=1S/C24H26FN3O2/c1-2-30-22-17-28(21-10-8-20(25)9-11-21)26-23(22)24(29)27-14-12-19(13-15-27)16-18-6-4-3-5-7-18/h3-11,17,19H,2,12-16H2,1H3. The zero-order valence-corrected chi connectivity index (χ0v) is 17.1. The SMILES string of the molecule is CCOc1cn(-c2ccc(F)cc2)nc1C(=O)N1CCC(Cc2ccccc2)CC1. The summed E-state index contributed by atoms with van der Waals surface area (Å²) in [7, 11) is 0. The molecule has 0 aliphatic carbocycles. The predicted octanol–water partition coefficient (Wildman–Crippen LogP) is 4.51. The Labute approximate surface area is 176 Å². The van der Waals surface area contributed by atoms with Crippen molar-refractivity contribution in [3.63, 3.8) is 0 Å². The van der Waals surface area contributed by atoms with Gasteiger partial charge in [0.25, 0.3) is 5.91 Å². The average Bonchev–Trinajstić information content (AvgIpc) is 3.19. The first-order valence-electron chi connectivity index (χ1n) is 10.5. The van der Waals surface area contributed by atoms with E-state index >= 15 is 0 Å². The molecule has 1 aliphatic rings. The Morgan fingerprint density at radius 2 is 1.80 bits per heavy atom. The molecule has 0 radical (unpaired) electrons. The van der Waals surface area contributed by atoms with Crippen molar-refractivity contribution < 1.29 is 13.9 Å². The summed E-state index contributed by atoms with van der Waals surface area (Å²) in [4.78, 5) is 15.0. The summed E-state index contributed by atoms with van der Waals surface area (Å²) in [6.45, 7) is 3.74. The van der Waals surface area contributed by atoms with Gasteiger partial charge in [0.2, 0.25) is 0 Å². The highest BCUT2D eigenvalue weighted by Crippen LogP contribution is 2.26. The van der Waals surface area contributed by atoms with Crippen molar-refractivity contribution in [3.8, 4) is 11.4 Å². The fourth-order valence-electron chi connectivity index (χ4n) is 3.93. The van der Waals surface area contributed by atoms with Gasteiger partial charge in [0.1, 0.15) is 5.82 Å². The van der Waals surface area contributed by atoms with Crippen LogP contribution >= 0.6 is 0 Å². The van der Waals surface area contributed by atoms with Gasteiger partial charge in [0, 0.05) is 13.1 Å². The van der Waals surface area contributed by atoms with E-state index in [-0.39, 0.29) is 11.7 Å². The minimum Gasteiger partial charge on any atom is -0.490 e. The van der Waals surface area contributed by atoms with Gasteiger partial charge in [-0.3, -0.25) is 4.79 Å². The molecule has 1 amide bonds. The van der Waals surface area contributed by atoms with Crippen molar-refractivity contribution in [2.45, 2.75) is 26.2 Å². The number of halogens is 1. The van der Waals surface area contributed by atoms with Crippen molar-refractivity contribution in [2.75, 3.05) is 19.7 Å². The highest BCUT2D eigenvalue weighted by molar-refractivity contribution is 5.95. The molecule has 1 saturated heterocycles. The van der Waals surface area contributed by atoms with E-state index in [0.717, 1.165) is 19.3 Å². The number of piperidine rings is 1. The third kappa shape index (κ3) is 4.53. The maximum absolute atomic E-state index is 13.2. The first kappa shape index (κ1) is 20.1. The third-order valence-electron chi connectivity index (χ3n) is 5.54. The van der Waals surface area contributed by atoms with E-state index in [1.54, 1.807) is 23.0 Å². The monoisotopic (exact) mass is 407 g/mol. The van der Waals surface area contributed by atoms with Crippen LogP contribution in [0.5, 0.6) is 5.75 Å². The molecule has 0 spiro atoms. The molecular formula is C24H26FN3O2. The molecule has 2 aromatic carbocycles. The van der Waals surface area contributed by atoms with Gasteiger partial charge in [-0.2, -0.15) is 5.10 Å². The third-order valence-corrected chi connectivity index (χ3v) is 5.54. The van der Waals surface area contributed by atoms with Crippen LogP contribution in [-0.2, 0) is 6.42 Å². The van der Waals surface area contributed by atoms with Crippen LogP contribution in [-0.4, -0.2) is 40.3 Å². The molecule has 2 heterocycles. The molecule has 1 fully saturated rings. The van der Waals surface area contributed by atoms with E-state index in [0.29, 0.717) is 42.7 Å². The quantitative estimate of drug-likeness (QED) is 0.604. The fraction of sp³-hybridized carbons (Fsp3) is 0.333. The number of nitrogens with zero attached hydrogens (tertiary/aromatic N) is 3. The Morgan fingerprint density at radius 1 is 1.10 bits per heavy atom. The van der Waals surface area contributed by atoms with E-state index < -0.39 is 0 Å². The van der Waals surface area contributed by atoms with E-state index in [4.69, 9.17) is 4.74 Å². The van der Waals surface area contributed by atoms with E-state index in [1.807, 2.05) is 17.9 Å². The number of carbonyl (C=O) groups excluding carboxylic acids is 1. The first-order chi connectivity index (χ1) is 14.6. The van der Waals surface area contributed by atoms with Gasteiger partial charge in [-0.05, 0) is 61.9 Å². The largest absolute Gasteiger partial charge is 0.490 e. The number of hydrogen-bond donors (Lipinski definition) is 0. The lowest BCUT2D eigenvalue weighted by molar-refractivity contribution is 0.0680. The second kappa shape index (κ2) is 9.11. The maximum Gasteiger partial charge on any atom is 0.278 e. The Balaban J connectivity index is 1.45. The number of benzene rings is 2. The number of ether oxygens (including phenoxy) is 1. The Bertz CT molecular complexity index is 977. The number of likely N-dealkylation sites (tertiary alicyclic amines) is 1. The van der Waals surface area contributed by atoms with Crippen molar-refractivity contribution in [1.29, 1.82) is 0 Å². The number of amides is 1. The number of carbonyl (C=O) groups is 1. The highest BCUT2D eigenvalue weighted by Gasteiger charge is 2.28. The molecule has 156 valence electrons. The van der Waals surface area contributed by atoms with Gasteiger partial charge in [0.05, 0.1) is 18.5 Å². The zero-order valence-electron chi connectivity index (χ0n) is 17.1. The molecule has 30 heavy (non-hydrogen) atoms. The topological polar surface area (TPSA) is 47.4 Å². The van der Waals surface area contributed by atoms with Crippen LogP contribution < -0.4 is 4.74 Å². The van der Waals surface area contributed by atoms with Gasteiger partial charge in [-0.15, -0.1) is 0 Å². The molecule has 5 nitrogen and oxygen atoms in total. The van der Waals surface area contributed by atoms with Crippen LogP contribution in [0, 0.1) is 11.7 Å². The van der Waals surface area contributed by atoms with Gasteiger partial charge in [-0.1, -0.05) is 30.3 Å². The van der Waals surface area contributed by atoms with Crippen LogP contribution in [0.2, 0.25) is 0 Å². The van der Waals surface area contributed by atoms with Crippen molar-refractivity contribution in [2.24, 2.45) is 5.92 Å². The van der Waals surface area contributed by atoms with Crippen LogP contribution in [0.3, 0.4) is 0 Å². The summed E-state index contributed by atoms with van der Waals surface area (Å²) in [5.41, 5.74) is 2.33. The van der Waals surface area contributed by atoms with E-state index in [2.05, 4.69) is 29.4 Å². The van der Waals surface area contributed by atoms with Gasteiger partial charge in [0.15, 0.2) is 11.4 Å². The minimum atomic E-state index is -0.314. The molecule has 0 bridgehead atoms. The molecule has 4 rings (SSSR count). The Hall–Kier alpha value is -3.15. The van der Waals surface area contributed by atoms with Crippen LogP contribution in [0.25, 0.3) is 5.69 Å². The minimum absolute atomic E-state index is 0.113. The molecule has 3 aromatic rings. The summed E-state index contributed by atoms with van der Waals surface area (Å²) in [6.07, 6.45) is 4.69. The van der Waals surface area contributed by atoms with Gasteiger partial charge >= 0.3 is 0 Å². The second-order valence-corrected chi connectivity index (χ2v) is 7.62. The molecule has 0 N–H and O–H groups in total. The van der Waals surface area contributed by atoms with Gasteiger partial charge < -0.3 is 9.64 Å². The molecule has 1 aromatic heterocycles. The van der Waals surface area contributed by atoms with E-state index in [9.17, 15) is 9.18 Å². The maximum atomic E-state index is 13.2. The lowest BCUT2D eigenvalue weighted by Crippen LogP contribution is -2.39. The summed E-state index contributed by atoms with van der Waals surface area (Å²) in [6, 6.07) is 16.5. The number of rotatable bonds is 6. The Morgan fingerprint density at radius 3 is 2.47 bits per heavy atom. The molecule has 0 saturated carbocycles. The number of hydrogen-bond acceptors (Lipinski definition) is 3. The van der Waals surface area contributed by atoms with Crippen LogP contribution in [0.1, 0.15) is 35.8 Å². The molecule has 1 aliphatic heterocycles. The van der Waals surface area contributed by atoms with Gasteiger partial charge in [-0.25, -0.2) is 9.07 Å². The summed E-state index contributed by atoms with van der Waals surface area (Å²) in [5, 5.41) is 4.47. The predicted molar refractivity (Wildman–Crippen MR) is 113 cm³/mol. The molecular weight excluding hydrogens is 381 g/mol. The zero-order chi connectivity index (χ0) is 20.9. The summed E-state index contributed by atoms with van der Waals surface area (Å²) >= 11 is 0. The number of aromatic nitrogens is 2. The molecule has 0 unspecified atom stereocenters. The normalized spacial score (nSPS) is 14.7. The average molecular weight is 407 g/mol. The second-order valence-electron chi connectivity index (χ2n) is 7.62. The lowest BCUT2D eigenvalue weighted by atomic mass is 9.90. The van der Waals surface area contributed by atoms with Crippen LogP contribution in [0.4, 0.5) is 4.39 Å². The van der Waals surface area contributed by atoms with Crippen molar-refractivity contribution in [1.82, 2.24) is 14.7 Å². The smallest absolute Gasteiger partial charge is 0.278 e. The highest BCUT2D eigenvalue weighted by atomic mass is 19.1. The van der Waals surface area contributed by atoms with E-state index in [1.165, 1.54) is 17.7 Å². The molecule has 0 atom stereocenters. The van der Waals surface area contributed by atoms with Crippen molar-refractivity contribution >= 4 is 5.91 Å². The fourth-order valence-corrected chi connectivity index (χ4v) is 3.93. The summed E-state index contributed by atoms with van der Waals surface area (Å²) in [5.74, 6) is 0.612. The summed E-state index contributed by atoms with van der Waals surface area (Å²) < 4.78 is 20.5.